The summed E-state index contributed by atoms with van der Waals surface area (Å²) in [7, 11) is 0. The van der Waals surface area contributed by atoms with Crippen LogP contribution in [0.25, 0.3) is 0 Å². The number of hydrogen-bond acceptors (Lipinski definition) is 2. The first-order valence-corrected chi connectivity index (χ1v) is 7.44. The predicted octanol–water partition coefficient (Wildman–Crippen LogP) is 3.90. The highest BCUT2D eigenvalue weighted by Gasteiger charge is 2.38. The van der Waals surface area contributed by atoms with E-state index in [-0.39, 0.29) is 17.5 Å². The molecule has 0 atom stereocenters. The summed E-state index contributed by atoms with van der Waals surface area (Å²) in [5.74, 6) is 0.303. The fourth-order valence-electron chi connectivity index (χ4n) is 3.44. The highest BCUT2D eigenvalue weighted by atomic mass is 16.2. The maximum atomic E-state index is 12.5. The Labute approximate surface area is 121 Å². The SMILES string of the molecule is Cc1cc(C)c(C2C(=O)CC(C(C)C)CC2=O)c(C)c1. The second kappa shape index (κ2) is 5.51. The molecule has 20 heavy (non-hydrogen) atoms. The van der Waals surface area contributed by atoms with Crippen molar-refractivity contribution in [2.45, 2.75) is 53.4 Å². The largest absolute Gasteiger partial charge is 0.299 e. The van der Waals surface area contributed by atoms with Gasteiger partial charge in [0.2, 0.25) is 0 Å². The Morgan fingerprint density at radius 3 is 1.80 bits per heavy atom. The molecule has 0 spiro atoms. The highest BCUT2D eigenvalue weighted by Crippen LogP contribution is 2.36. The zero-order valence-electron chi connectivity index (χ0n) is 13.1. The number of rotatable bonds is 2. The van der Waals surface area contributed by atoms with E-state index in [4.69, 9.17) is 0 Å². The first-order valence-electron chi connectivity index (χ1n) is 7.44. The average Bonchev–Trinajstić information content (AvgIpc) is 2.30. The fourth-order valence-corrected chi connectivity index (χ4v) is 3.44. The number of Topliss-reactive ketones (excluding diaryl/α,β-unsaturated/α-hetero) is 2. The molecule has 1 aliphatic carbocycles. The van der Waals surface area contributed by atoms with Gasteiger partial charge in [-0.3, -0.25) is 9.59 Å². The van der Waals surface area contributed by atoms with Gasteiger partial charge in [-0.05, 0) is 49.3 Å². The van der Waals surface area contributed by atoms with E-state index in [1.807, 2.05) is 20.8 Å². The lowest BCUT2D eigenvalue weighted by Gasteiger charge is -2.30. The third kappa shape index (κ3) is 2.70. The van der Waals surface area contributed by atoms with Gasteiger partial charge < -0.3 is 0 Å². The Morgan fingerprint density at radius 1 is 0.950 bits per heavy atom. The van der Waals surface area contributed by atoms with Crippen LogP contribution < -0.4 is 0 Å². The third-order valence-electron chi connectivity index (χ3n) is 4.54. The van der Waals surface area contributed by atoms with Crippen molar-refractivity contribution in [3.63, 3.8) is 0 Å². The van der Waals surface area contributed by atoms with E-state index in [1.165, 1.54) is 5.56 Å². The van der Waals surface area contributed by atoms with Crippen molar-refractivity contribution in [3.05, 3.63) is 34.4 Å². The quantitative estimate of drug-likeness (QED) is 0.765. The maximum Gasteiger partial charge on any atom is 0.148 e. The zero-order valence-corrected chi connectivity index (χ0v) is 13.1. The Balaban J connectivity index is 2.39. The number of carbonyl (C=O) groups excluding carboxylic acids is 2. The van der Waals surface area contributed by atoms with Gasteiger partial charge in [0.1, 0.15) is 17.5 Å². The number of carbonyl (C=O) groups is 2. The minimum atomic E-state index is -0.523. The van der Waals surface area contributed by atoms with Gasteiger partial charge >= 0.3 is 0 Å². The molecular weight excluding hydrogens is 248 g/mol. The fraction of sp³-hybridized carbons (Fsp3) is 0.556. The molecule has 0 aromatic heterocycles. The summed E-state index contributed by atoms with van der Waals surface area (Å²) in [5.41, 5.74) is 4.27. The summed E-state index contributed by atoms with van der Waals surface area (Å²) < 4.78 is 0. The molecule has 2 nitrogen and oxygen atoms in total. The van der Waals surface area contributed by atoms with Crippen LogP contribution in [0.3, 0.4) is 0 Å². The molecule has 0 heterocycles. The van der Waals surface area contributed by atoms with E-state index in [0.29, 0.717) is 18.8 Å². The van der Waals surface area contributed by atoms with Crippen LogP contribution in [0.1, 0.15) is 54.9 Å². The topological polar surface area (TPSA) is 34.1 Å². The summed E-state index contributed by atoms with van der Waals surface area (Å²) in [4.78, 5) is 25.0. The van der Waals surface area contributed by atoms with E-state index in [9.17, 15) is 9.59 Å². The van der Waals surface area contributed by atoms with Gasteiger partial charge in [0, 0.05) is 12.8 Å². The van der Waals surface area contributed by atoms with E-state index in [1.54, 1.807) is 0 Å². The minimum absolute atomic E-state index is 0.106. The maximum absolute atomic E-state index is 12.5. The molecule has 0 aliphatic heterocycles. The van der Waals surface area contributed by atoms with Crippen LogP contribution in [0, 0.1) is 32.6 Å². The van der Waals surface area contributed by atoms with E-state index in [2.05, 4.69) is 26.0 Å². The summed E-state index contributed by atoms with van der Waals surface area (Å²) in [6.07, 6.45) is 1.08. The molecule has 0 amide bonds. The molecule has 0 unspecified atom stereocenters. The number of hydrogen-bond donors (Lipinski definition) is 0. The van der Waals surface area contributed by atoms with Gasteiger partial charge in [-0.25, -0.2) is 0 Å². The number of ketones is 2. The van der Waals surface area contributed by atoms with Crippen molar-refractivity contribution in [2.75, 3.05) is 0 Å². The Kier molecular flexibility index (Phi) is 4.12. The smallest absolute Gasteiger partial charge is 0.148 e. The van der Waals surface area contributed by atoms with Crippen LogP contribution in [0.4, 0.5) is 0 Å². The molecule has 1 aromatic carbocycles. The first-order chi connectivity index (χ1) is 9.31. The number of aryl methyl sites for hydroxylation is 3. The van der Waals surface area contributed by atoms with Crippen molar-refractivity contribution in [2.24, 2.45) is 11.8 Å². The monoisotopic (exact) mass is 272 g/mol. The lowest BCUT2D eigenvalue weighted by atomic mass is 9.71. The lowest BCUT2D eigenvalue weighted by molar-refractivity contribution is -0.134. The summed E-state index contributed by atoms with van der Waals surface area (Å²) in [5, 5.41) is 0. The van der Waals surface area contributed by atoms with E-state index < -0.39 is 5.92 Å². The normalized spacial score (nSPS) is 23.5. The van der Waals surface area contributed by atoms with Gasteiger partial charge in [0.25, 0.3) is 0 Å². The Morgan fingerprint density at radius 2 is 1.40 bits per heavy atom. The molecule has 1 fully saturated rings. The zero-order chi connectivity index (χ0) is 15.0. The molecular formula is C18H24O2. The van der Waals surface area contributed by atoms with E-state index >= 15 is 0 Å². The highest BCUT2D eigenvalue weighted by molar-refractivity contribution is 6.10. The molecule has 0 N–H and O–H groups in total. The van der Waals surface area contributed by atoms with Crippen molar-refractivity contribution < 1.29 is 9.59 Å². The average molecular weight is 272 g/mol. The molecule has 0 radical (unpaired) electrons. The molecule has 108 valence electrons. The van der Waals surface area contributed by atoms with Crippen LogP contribution in [0.5, 0.6) is 0 Å². The molecule has 0 saturated heterocycles. The summed E-state index contributed by atoms with van der Waals surface area (Å²) in [6, 6.07) is 4.13. The van der Waals surface area contributed by atoms with Gasteiger partial charge in [-0.15, -0.1) is 0 Å². The molecule has 1 aromatic rings. The van der Waals surface area contributed by atoms with Gasteiger partial charge in [-0.2, -0.15) is 0 Å². The second-order valence-electron chi connectivity index (χ2n) is 6.59. The molecule has 0 bridgehead atoms. The van der Waals surface area contributed by atoms with Crippen LogP contribution in [-0.4, -0.2) is 11.6 Å². The lowest BCUT2D eigenvalue weighted by Crippen LogP contribution is -2.34. The van der Waals surface area contributed by atoms with Crippen LogP contribution >= 0.6 is 0 Å². The van der Waals surface area contributed by atoms with Crippen LogP contribution in [-0.2, 0) is 9.59 Å². The molecule has 1 saturated carbocycles. The Bertz CT molecular complexity index is 514. The summed E-state index contributed by atoms with van der Waals surface area (Å²) in [6.45, 7) is 10.2. The first kappa shape index (κ1) is 15.0. The minimum Gasteiger partial charge on any atom is -0.299 e. The second-order valence-corrected chi connectivity index (χ2v) is 6.59. The van der Waals surface area contributed by atoms with Crippen LogP contribution in [0.2, 0.25) is 0 Å². The standard InChI is InChI=1S/C18H24O2/c1-10(2)14-8-15(19)18(16(20)9-14)17-12(4)6-11(3)7-13(17)5/h6-7,10,14,18H,8-9H2,1-5H3. The third-order valence-corrected chi connectivity index (χ3v) is 4.54. The van der Waals surface area contributed by atoms with Gasteiger partial charge in [0.05, 0.1) is 0 Å². The van der Waals surface area contributed by atoms with Crippen molar-refractivity contribution in [1.29, 1.82) is 0 Å². The predicted molar refractivity (Wildman–Crippen MR) is 81.0 cm³/mol. The van der Waals surface area contributed by atoms with E-state index in [0.717, 1.165) is 16.7 Å². The van der Waals surface area contributed by atoms with Crippen molar-refractivity contribution in [3.8, 4) is 0 Å². The van der Waals surface area contributed by atoms with Crippen molar-refractivity contribution in [1.82, 2.24) is 0 Å². The number of benzene rings is 1. The Hall–Kier alpha value is -1.44. The molecule has 2 rings (SSSR count). The van der Waals surface area contributed by atoms with Gasteiger partial charge in [0.15, 0.2) is 0 Å². The summed E-state index contributed by atoms with van der Waals surface area (Å²) >= 11 is 0. The van der Waals surface area contributed by atoms with Crippen molar-refractivity contribution >= 4 is 11.6 Å². The van der Waals surface area contributed by atoms with Gasteiger partial charge in [-0.1, -0.05) is 31.5 Å². The van der Waals surface area contributed by atoms with Crippen LogP contribution in [0.15, 0.2) is 12.1 Å². The molecule has 2 heteroatoms. The molecule has 1 aliphatic rings.